The van der Waals surface area contributed by atoms with E-state index in [9.17, 15) is 4.79 Å². The van der Waals surface area contributed by atoms with Gasteiger partial charge in [-0.1, -0.05) is 0 Å². The van der Waals surface area contributed by atoms with Crippen molar-refractivity contribution in [2.24, 2.45) is 0 Å². The summed E-state index contributed by atoms with van der Waals surface area (Å²) >= 11 is 0. The van der Waals surface area contributed by atoms with Gasteiger partial charge in [0.05, 0.1) is 6.26 Å². The van der Waals surface area contributed by atoms with Crippen molar-refractivity contribution in [3.63, 3.8) is 0 Å². The van der Waals surface area contributed by atoms with Gasteiger partial charge in [-0.25, -0.2) is 0 Å². The minimum Gasteiger partial charge on any atom is -0.870 e. The third-order valence-corrected chi connectivity index (χ3v) is 0.659. The van der Waals surface area contributed by atoms with Crippen molar-refractivity contribution in [3.8, 4) is 0 Å². The molecule has 7 nitrogen and oxygen atoms in total. The van der Waals surface area contributed by atoms with Crippen molar-refractivity contribution in [1.82, 2.24) is 0 Å². The average Bonchev–Trinajstić information content (AvgIpc) is 2.33. The number of furan rings is 1. The van der Waals surface area contributed by atoms with Gasteiger partial charge >= 0.3 is 40.0 Å². The fraction of sp³-hybridized carbons (Fsp3) is 0. The maximum atomic E-state index is 9.77. The van der Waals surface area contributed by atoms with E-state index in [0.29, 0.717) is 12.0 Å². The molecule has 3 N–H and O–H groups in total. The Kier molecular flexibility index (Phi) is 12.9. The van der Waals surface area contributed by atoms with Crippen LogP contribution in [0.4, 0.5) is 0 Å². The standard InChI is InChI=1S/C5H4O2.Na.H2O4S.H2O/c6-4-5-2-1-3-7-5;;1-5(2,3)4;/h1-4H;;(H2,1,2,3,4);1H2/q;+1;;/p-1. The summed E-state index contributed by atoms with van der Waals surface area (Å²) in [5.41, 5.74) is 0. The molecule has 0 radical (unpaired) electrons. The maximum Gasteiger partial charge on any atom is 1.00 e. The predicted octanol–water partition coefficient (Wildman–Crippen LogP) is -2.73. The Balaban J connectivity index is -0.000000159. The van der Waals surface area contributed by atoms with Gasteiger partial charge in [0.15, 0.2) is 12.0 Å². The molecule has 0 aliphatic heterocycles. The van der Waals surface area contributed by atoms with Gasteiger partial charge in [0.2, 0.25) is 0 Å². The minimum absolute atomic E-state index is 0. The van der Waals surface area contributed by atoms with E-state index < -0.39 is 10.4 Å². The zero-order valence-electron chi connectivity index (χ0n) is 7.19. The third-order valence-electron chi connectivity index (χ3n) is 0.659. The van der Waals surface area contributed by atoms with Crippen LogP contribution in [-0.2, 0) is 10.4 Å². The first-order valence-electron chi connectivity index (χ1n) is 2.62. The first-order chi connectivity index (χ1) is 5.43. The molecule has 1 rings (SSSR count). The Morgan fingerprint density at radius 2 is 1.79 bits per heavy atom. The fourth-order valence-electron chi connectivity index (χ4n) is 0.358. The zero-order chi connectivity index (χ0) is 9.61. The van der Waals surface area contributed by atoms with E-state index in [-0.39, 0.29) is 35.0 Å². The van der Waals surface area contributed by atoms with Crippen LogP contribution in [0.15, 0.2) is 22.8 Å². The molecule has 0 aromatic carbocycles. The summed E-state index contributed by atoms with van der Waals surface area (Å²) in [6.07, 6.45) is 2.13. The van der Waals surface area contributed by atoms with E-state index in [1.165, 1.54) is 6.26 Å². The molecule has 0 atom stereocenters. The molecule has 1 heterocycles. The van der Waals surface area contributed by atoms with Crippen molar-refractivity contribution < 1.29 is 61.8 Å². The van der Waals surface area contributed by atoms with Gasteiger partial charge < -0.3 is 9.89 Å². The summed E-state index contributed by atoms with van der Waals surface area (Å²) in [5, 5.41) is 0. The van der Waals surface area contributed by atoms with Gasteiger partial charge in [-0.2, -0.15) is 8.42 Å². The van der Waals surface area contributed by atoms with Gasteiger partial charge in [0.1, 0.15) is 0 Å². The van der Waals surface area contributed by atoms with Crippen LogP contribution in [0.3, 0.4) is 0 Å². The number of carbonyl (C=O) groups is 1. The molecule has 0 spiro atoms. The Bertz CT molecular complexity index is 308. The van der Waals surface area contributed by atoms with Crippen molar-refractivity contribution >= 4 is 16.7 Å². The molecule has 0 unspecified atom stereocenters. The molecule has 0 saturated heterocycles. The van der Waals surface area contributed by atoms with Crippen molar-refractivity contribution in [3.05, 3.63) is 24.2 Å². The van der Waals surface area contributed by atoms with Gasteiger partial charge in [-0.05, 0) is 12.1 Å². The largest absolute Gasteiger partial charge is 1.00 e. The van der Waals surface area contributed by atoms with Crippen molar-refractivity contribution in [2.75, 3.05) is 0 Å². The number of hydrogen-bond acceptors (Lipinski definition) is 5. The van der Waals surface area contributed by atoms with Crippen LogP contribution >= 0.6 is 0 Å². The smallest absolute Gasteiger partial charge is 0.870 e. The monoisotopic (exact) mass is 234 g/mol. The quantitative estimate of drug-likeness (QED) is 0.306. The molecular weight excluding hydrogens is 227 g/mol. The van der Waals surface area contributed by atoms with Gasteiger partial charge in [-0.3, -0.25) is 13.9 Å². The molecule has 0 saturated carbocycles. The molecule has 0 aliphatic rings. The number of aldehydes is 1. The van der Waals surface area contributed by atoms with Crippen LogP contribution in [0.25, 0.3) is 0 Å². The molecule has 76 valence electrons. The van der Waals surface area contributed by atoms with E-state index >= 15 is 0 Å². The Labute approximate surface area is 102 Å². The topological polar surface area (TPSA) is 135 Å². The number of rotatable bonds is 1. The van der Waals surface area contributed by atoms with Crippen LogP contribution in [0.1, 0.15) is 10.6 Å². The average molecular weight is 234 g/mol. The minimum atomic E-state index is -4.67. The summed E-state index contributed by atoms with van der Waals surface area (Å²) in [7, 11) is -4.67. The Morgan fingerprint density at radius 1 is 1.36 bits per heavy atom. The first-order valence-corrected chi connectivity index (χ1v) is 4.01. The molecule has 9 heteroatoms. The first kappa shape index (κ1) is 19.4. The molecule has 1 aromatic heterocycles. The van der Waals surface area contributed by atoms with Gasteiger partial charge in [0, 0.05) is 0 Å². The van der Waals surface area contributed by atoms with Crippen LogP contribution in [0.2, 0.25) is 0 Å². The number of hydrogen-bond donors (Lipinski definition) is 2. The number of carbonyl (C=O) groups excluding carboxylic acids is 1. The molecule has 14 heavy (non-hydrogen) atoms. The van der Waals surface area contributed by atoms with E-state index in [2.05, 4.69) is 4.42 Å². The zero-order valence-corrected chi connectivity index (χ0v) is 10.0. The van der Waals surface area contributed by atoms with Crippen LogP contribution in [0, 0.1) is 0 Å². The summed E-state index contributed by atoms with van der Waals surface area (Å²) in [6.45, 7) is 0. The molecule has 0 fully saturated rings. The Hall–Kier alpha value is -0.220. The van der Waals surface area contributed by atoms with E-state index in [1.54, 1.807) is 12.1 Å². The van der Waals surface area contributed by atoms with Gasteiger partial charge in [-0.15, -0.1) is 0 Å². The maximum absolute atomic E-state index is 9.77. The molecule has 0 aliphatic carbocycles. The molecule has 0 amide bonds. The second kappa shape index (κ2) is 9.34. The summed E-state index contributed by atoms with van der Waals surface area (Å²) in [6, 6.07) is 3.27. The predicted molar refractivity (Wildman–Crippen MR) is 40.2 cm³/mol. The molecule has 0 bridgehead atoms. The van der Waals surface area contributed by atoms with Crippen LogP contribution in [0.5, 0.6) is 0 Å². The SMILES string of the molecule is O=Cc1ccco1.O=S(=O)(O)O.[Na+].[OH-]. The van der Waals surface area contributed by atoms with Crippen molar-refractivity contribution in [1.29, 1.82) is 0 Å². The van der Waals surface area contributed by atoms with E-state index in [1.807, 2.05) is 0 Å². The summed E-state index contributed by atoms with van der Waals surface area (Å²) in [4.78, 5) is 9.77. The van der Waals surface area contributed by atoms with E-state index in [0.717, 1.165) is 0 Å². The van der Waals surface area contributed by atoms with Crippen LogP contribution < -0.4 is 29.6 Å². The van der Waals surface area contributed by atoms with Crippen molar-refractivity contribution in [2.45, 2.75) is 0 Å². The molecule has 1 aromatic rings. The second-order valence-electron chi connectivity index (χ2n) is 1.58. The van der Waals surface area contributed by atoms with E-state index in [4.69, 9.17) is 17.5 Å². The summed E-state index contributed by atoms with van der Waals surface area (Å²) in [5.74, 6) is 0.375. The normalized spacial score (nSPS) is 8.43. The molecular formula is C5H7NaO7S. The van der Waals surface area contributed by atoms with Crippen LogP contribution in [-0.4, -0.2) is 29.3 Å². The summed E-state index contributed by atoms with van der Waals surface area (Å²) < 4.78 is 36.2. The Morgan fingerprint density at radius 3 is 1.93 bits per heavy atom. The van der Waals surface area contributed by atoms with Gasteiger partial charge in [0.25, 0.3) is 0 Å². The fourth-order valence-corrected chi connectivity index (χ4v) is 0.358. The third kappa shape index (κ3) is 17.8. The second-order valence-corrected chi connectivity index (χ2v) is 2.48.